The third-order valence-electron chi connectivity index (χ3n) is 4.08. The van der Waals surface area contributed by atoms with Gasteiger partial charge in [-0.3, -0.25) is 4.79 Å². The molecule has 15 heavy (non-hydrogen) atoms. The lowest BCUT2D eigenvalue weighted by molar-refractivity contribution is -0.232. The fraction of sp³-hybridized carbons (Fsp3) is 0.909. The lowest BCUT2D eigenvalue weighted by atomic mass is 9.71. The second kappa shape index (κ2) is 3.76. The van der Waals surface area contributed by atoms with Gasteiger partial charge >= 0.3 is 0 Å². The van der Waals surface area contributed by atoms with Crippen LogP contribution in [0.1, 0.15) is 32.1 Å². The molecule has 0 atom stereocenters. The first-order valence-corrected chi connectivity index (χ1v) is 5.55. The Balaban J connectivity index is 2.05. The standard InChI is InChI=1S/C11H19NO3/c1-14-11(15-2)5-3-10(4-6-11)7-8-12-9(10)13/h3-8H2,1-2H3,(H,12,13). The van der Waals surface area contributed by atoms with E-state index in [9.17, 15) is 4.79 Å². The molecular formula is C11H19NO3. The summed E-state index contributed by atoms with van der Waals surface area (Å²) in [6.07, 6.45) is 4.34. The smallest absolute Gasteiger partial charge is 0.226 e. The average molecular weight is 213 g/mol. The molecule has 4 nitrogen and oxygen atoms in total. The topological polar surface area (TPSA) is 47.6 Å². The molecule has 2 rings (SSSR count). The van der Waals surface area contributed by atoms with Crippen LogP contribution in [0, 0.1) is 5.41 Å². The van der Waals surface area contributed by atoms with Crippen molar-refractivity contribution in [2.75, 3.05) is 20.8 Å². The van der Waals surface area contributed by atoms with Gasteiger partial charge < -0.3 is 14.8 Å². The molecule has 86 valence electrons. The van der Waals surface area contributed by atoms with Gasteiger partial charge in [-0.2, -0.15) is 0 Å². The number of rotatable bonds is 2. The van der Waals surface area contributed by atoms with Crippen LogP contribution < -0.4 is 5.32 Å². The Morgan fingerprint density at radius 3 is 2.07 bits per heavy atom. The van der Waals surface area contributed by atoms with Crippen molar-refractivity contribution in [1.82, 2.24) is 5.32 Å². The number of ether oxygens (including phenoxy) is 2. The highest BCUT2D eigenvalue weighted by Crippen LogP contribution is 2.46. The molecule has 4 heteroatoms. The summed E-state index contributed by atoms with van der Waals surface area (Å²) in [5, 5.41) is 2.92. The van der Waals surface area contributed by atoms with E-state index in [2.05, 4.69) is 5.32 Å². The van der Waals surface area contributed by atoms with E-state index in [1.54, 1.807) is 14.2 Å². The number of nitrogens with one attached hydrogen (secondary N) is 1. The first-order valence-electron chi connectivity index (χ1n) is 5.55. The van der Waals surface area contributed by atoms with Crippen LogP contribution >= 0.6 is 0 Å². The molecule has 1 heterocycles. The summed E-state index contributed by atoms with van der Waals surface area (Å²) in [4.78, 5) is 11.7. The van der Waals surface area contributed by atoms with Crippen molar-refractivity contribution >= 4 is 5.91 Å². The van der Waals surface area contributed by atoms with Crippen LogP contribution in [0.3, 0.4) is 0 Å². The molecule has 1 aliphatic heterocycles. The lowest BCUT2D eigenvalue weighted by Crippen LogP contribution is -2.44. The minimum Gasteiger partial charge on any atom is -0.356 e. The van der Waals surface area contributed by atoms with E-state index in [1.807, 2.05) is 0 Å². The molecule has 2 fully saturated rings. The summed E-state index contributed by atoms with van der Waals surface area (Å²) in [5.74, 6) is -0.225. The Labute approximate surface area is 90.3 Å². The number of hydrogen-bond donors (Lipinski definition) is 1. The molecule has 1 aliphatic carbocycles. The molecule has 0 aromatic rings. The number of amides is 1. The summed E-state index contributed by atoms with van der Waals surface area (Å²) < 4.78 is 10.8. The second-order valence-electron chi connectivity index (χ2n) is 4.61. The molecule has 1 N–H and O–H groups in total. The zero-order chi connectivity index (χ0) is 10.9. The zero-order valence-electron chi connectivity index (χ0n) is 9.47. The van der Waals surface area contributed by atoms with Gasteiger partial charge in [-0.1, -0.05) is 0 Å². The van der Waals surface area contributed by atoms with Gasteiger partial charge in [-0.05, 0) is 19.3 Å². The van der Waals surface area contributed by atoms with Crippen molar-refractivity contribution in [3.8, 4) is 0 Å². The van der Waals surface area contributed by atoms with E-state index >= 15 is 0 Å². The fourth-order valence-electron chi connectivity index (χ4n) is 2.79. The molecule has 1 amide bonds. The third-order valence-corrected chi connectivity index (χ3v) is 4.08. The van der Waals surface area contributed by atoms with Crippen LogP contribution in [-0.4, -0.2) is 32.5 Å². The average Bonchev–Trinajstić information content (AvgIpc) is 2.63. The monoisotopic (exact) mass is 213 g/mol. The second-order valence-corrected chi connectivity index (χ2v) is 4.61. The Hall–Kier alpha value is -0.610. The molecule has 0 unspecified atom stereocenters. The van der Waals surface area contributed by atoms with Crippen molar-refractivity contribution in [3.05, 3.63) is 0 Å². The van der Waals surface area contributed by atoms with E-state index in [1.165, 1.54) is 0 Å². The van der Waals surface area contributed by atoms with Gasteiger partial charge in [-0.25, -0.2) is 0 Å². The van der Waals surface area contributed by atoms with Crippen LogP contribution in [0.15, 0.2) is 0 Å². The molecule has 2 aliphatic rings. The SMILES string of the molecule is COC1(OC)CCC2(CCNC2=O)CC1. The molecule has 1 saturated heterocycles. The molecule has 1 saturated carbocycles. The minimum atomic E-state index is -0.450. The normalized spacial score (nSPS) is 28.0. The first-order chi connectivity index (χ1) is 7.16. The maximum atomic E-state index is 11.7. The predicted molar refractivity (Wildman–Crippen MR) is 55.3 cm³/mol. The van der Waals surface area contributed by atoms with Crippen LogP contribution in [0.4, 0.5) is 0 Å². The lowest BCUT2D eigenvalue weighted by Gasteiger charge is -2.41. The molecule has 0 aromatic heterocycles. The van der Waals surface area contributed by atoms with E-state index < -0.39 is 5.79 Å². The van der Waals surface area contributed by atoms with Gasteiger partial charge in [-0.15, -0.1) is 0 Å². The van der Waals surface area contributed by atoms with Gasteiger partial charge in [0.15, 0.2) is 5.79 Å². The maximum absolute atomic E-state index is 11.7. The van der Waals surface area contributed by atoms with Gasteiger partial charge in [0.2, 0.25) is 5.91 Å². The Bertz CT molecular complexity index is 251. The summed E-state index contributed by atoms with van der Waals surface area (Å²) in [5.41, 5.74) is -0.124. The number of carbonyl (C=O) groups excluding carboxylic acids is 1. The van der Waals surface area contributed by atoms with Crippen molar-refractivity contribution in [3.63, 3.8) is 0 Å². The van der Waals surface area contributed by atoms with E-state index in [-0.39, 0.29) is 11.3 Å². The number of hydrogen-bond acceptors (Lipinski definition) is 3. The van der Waals surface area contributed by atoms with Gasteiger partial charge in [0.25, 0.3) is 0 Å². The number of methoxy groups -OCH3 is 2. The van der Waals surface area contributed by atoms with Crippen LogP contribution in [-0.2, 0) is 14.3 Å². The molecule has 0 radical (unpaired) electrons. The highest BCUT2D eigenvalue weighted by Gasteiger charge is 2.49. The number of carbonyl (C=O) groups is 1. The first kappa shape index (κ1) is 10.9. The summed E-state index contributed by atoms with van der Waals surface area (Å²) in [6.45, 7) is 0.825. The van der Waals surface area contributed by atoms with E-state index in [4.69, 9.17) is 9.47 Å². The largest absolute Gasteiger partial charge is 0.356 e. The van der Waals surface area contributed by atoms with Crippen LogP contribution in [0.25, 0.3) is 0 Å². The van der Waals surface area contributed by atoms with Gasteiger partial charge in [0.05, 0.1) is 5.41 Å². The van der Waals surface area contributed by atoms with Crippen molar-refractivity contribution in [1.29, 1.82) is 0 Å². The molecule has 1 spiro atoms. The summed E-state index contributed by atoms with van der Waals surface area (Å²) in [7, 11) is 3.35. The van der Waals surface area contributed by atoms with Gasteiger partial charge in [0, 0.05) is 33.6 Å². The van der Waals surface area contributed by atoms with E-state index in [0.717, 1.165) is 38.6 Å². The van der Waals surface area contributed by atoms with E-state index in [0.29, 0.717) is 0 Å². The maximum Gasteiger partial charge on any atom is 0.226 e. The summed E-state index contributed by atoms with van der Waals surface area (Å²) in [6, 6.07) is 0. The van der Waals surface area contributed by atoms with Crippen molar-refractivity contribution < 1.29 is 14.3 Å². The van der Waals surface area contributed by atoms with Gasteiger partial charge in [0.1, 0.15) is 0 Å². The predicted octanol–water partition coefficient (Wildman–Crippen LogP) is 1.06. The summed E-state index contributed by atoms with van der Waals surface area (Å²) >= 11 is 0. The highest BCUT2D eigenvalue weighted by atomic mass is 16.7. The minimum absolute atomic E-state index is 0.124. The van der Waals surface area contributed by atoms with Crippen molar-refractivity contribution in [2.45, 2.75) is 37.9 Å². The van der Waals surface area contributed by atoms with Crippen LogP contribution in [0.2, 0.25) is 0 Å². The quantitative estimate of drug-likeness (QED) is 0.698. The Morgan fingerprint density at radius 1 is 1.07 bits per heavy atom. The van der Waals surface area contributed by atoms with Crippen LogP contribution in [0.5, 0.6) is 0 Å². The molecule has 0 bridgehead atoms. The fourth-order valence-corrected chi connectivity index (χ4v) is 2.79. The molecule has 0 aromatic carbocycles. The van der Waals surface area contributed by atoms with Crippen molar-refractivity contribution in [2.24, 2.45) is 5.41 Å². The zero-order valence-corrected chi connectivity index (χ0v) is 9.47. The highest BCUT2D eigenvalue weighted by molar-refractivity contribution is 5.84. The molecular weight excluding hydrogens is 194 g/mol. The Kier molecular flexibility index (Phi) is 2.73. The Morgan fingerprint density at radius 2 is 1.67 bits per heavy atom. The third kappa shape index (κ3) is 1.66.